The smallest absolute Gasteiger partial charge is 0.337 e. The number of anilines is 1. The van der Waals surface area contributed by atoms with Crippen LogP contribution in [0.15, 0.2) is 35.5 Å². The molecule has 6 nitrogen and oxygen atoms in total. The topological polar surface area (TPSA) is 78.9 Å². The van der Waals surface area contributed by atoms with E-state index in [0.717, 1.165) is 0 Å². The summed E-state index contributed by atoms with van der Waals surface area (Å²) in [6, 6.07) is 6.75. The molecule has 1 aromatic carbocycles. The molecular weight excluding hydrogens is 296 g/mol. The molecule has 7 heteroatoms. The zero-order valence-electron chi connectivity index (χ0n) is 11.4. The highest BCUT2D eigenvalue weighted by Gasteiger charge is 2.34. The first-order valence-electron chi connectivity index (χ1n) is 6.31. The highest BCUT2D eigenvalue weighted by molar-refractivity contribution is 6.30. The second kappa shape index (κ2) is 6.60. The van der Waals surface area contributed by atoms with E-state index in [1.54, 1.807) is 24.3 Å². The number of benzene rings is 1. The van der Waals surface area contributed by atoms with Crippen LogP contribution in [0.4, 0.5) is 5.69 Å². The van der Waals surface area contributed by atoms with Crippen molar-refractivity contribution in [3.63, 3.8) is 0 Å². The minimum atomic E-state index is -0.569. The predicted octanol–water partition coefficient (Wildman–Crippen LogP) is 1.01. The van der Waals surface area contributed by atoms with Crippen molar-refractivity contribution >= 4 is 29.2 Å². The van der Waals surface area contributed by atoms with Gasteiger partial charge in [0, 0.05) is 17.3 Å². The summed E-state index contributed by atoms with van der Waals surface area (Å²) < 4.78 is 4.70. The van der Waals surface area contributed by atoms with E-state index in [9.17, 15) is 9.59 Å². The molecule has 0 saturated carbocycles. The lowest BCUT2D eigenvalue weighted by Crippen LogP contribution is -2.31. The summed E-state index contributed by atoms with van der Waals surface area (Å²) in [6.45, 7) is 0.0987. The van der Waals surface area contributed by atoms with Gasteiger partial charge in [-0.3, -0.25) is 4.79 Å². The predicted molar refractivity (Wildman–Crippen MR) is 77.8 cm³/mol. The molecule has 1 heterocycles. The summed E-state index contributed by atoms with van der Waals surface area (Å²) in [5.41, 5.74) is 1.04. The lowest BCUT2D eigenvalue weighted by atomic mass is 10.2. The summed E-state index contributed by atoms with van der Waals surface area (Å²) in [5.74, 6) is -0.917. The quantitative estimate of drug-likeness (QED) is 0.794. The molecule has 0 aliphatic carbocycles. The molecular formula is C14H15ClN2O4. The molecule has 112 valence electrons. The molecule has 0 atom stereocenters. The Morgan fingerprint density at radius 3 is 2.67 bits per heavy atom. The van der Waals surface area contributed by atoms with Gasteiger partial charge in [0.2, 0.25) is 0 Å². The number of amides is 1. The number of halogens is 1. The van der Waals surface area contributed by atoms with Crippen molar-refractivity contribution < 1.29 is 19.4 Å². The standard InChI is InChI=1S/C14H15ClN2O4/c1-21-14(20)11-8-17(6-7-18)13(19)12(11)16-10-4-2-9(15)3-5-10/h2-5,16,18H,6-8H2,1H3. The number of carbonyl (C=O) groups excluding carboxylic acids is 2. The molecule has 2 rings (SSSR count). The lowest BCUT2D eigenvalue weighted by molar-refractivity contribution is -0.136. The number of carbonyl (C=O) groups is 2. The number of methoxy groups -OCH3 is 1. The van der Waals surface area contributed by atoms with Gasteiger partial charge < -0.3 is 20.1 Å². The number of aliphatic hydroxyl groups excluding tert-OH is 1. The Hall–Kier alpha value is -2.05. The van der Waals surface area contributed by atoms with Crippen LogP contribution < -0.4 is 5.32 Å². The third kappa shape index (κ3) is 3.34. The first kappa shape index (κ1) is 15.3. The van der Waals surface area contributed by atoms with Crippen molar-refractivity contribution in [3.05, 3.63) is 40.6 Å². The SMILES string of the molecule is COC(=O)C1=C(Nc2ccc(Cl)cc2)C(=O)N(CCO)C1. The van der Waals surface area contributed by atoms with Gasteiger partial charge in [0.15, 0.2) is 0 Å². The first-order valence-corrected chi connectivity index (χ1v) is 6.68. The highest BCUT2D eigenvalue weighted by atomic mass is 35.5. The Morgan fingerprint density at radius 1 is 1.43 bits per heavy atom. The number of rotatable bonds is 5. The third-order valence-electron chi connectivity index (χ3n) is 3.07. The second-order valence-corrected chi connectivity index (χ2v) is 4.86. The van der Waals surface area contributed by atoms with E-state index in [1.165, 1.54) is 12.0 Å². The Bertz CT molecular complexity index is 583. The molecule has 21 heavy (non-hydrogen) atoms. The van der Waals surface area contributed by atoms with E-state index in [-0.39, 0.29) is 36.9 Å². The first-order chi connectivity index (χ1) is 10.1. The Morgan fingerprint density at radius 2 is 2.10 bits per heavy atom. The van der Waals surface area contributed by atoms with E-state index >= 15 is 0 Å². The molecule has 1 aliphatic heterocycles. The average Bonchev–Trinajstić information content (AvgIpc) is 2.78. The van der Waals surface area contributed by atoms with Crippen LogP contribution >= 0.6 is 11.6 Å². The fraction of sp³-hybridized carbons (Fsp3) is 0.286. The number of hydrogen-bond donors (Lipinski definition) is 2. The van der Waals surface area contributed by atoms with Gasteiger partial charge in [0.1, 0.15) is 5.70 Å². The molecule has 0 saturated heterocycles. The summed E-state index contributed by atoms with van der Waals surface area (Å²) in [6.07, 6.45) is 0. The molecule has 0 fully saturated rings. The van der Waals surface area contributed by atoms with E-state index in [0.29, 0.717) is 10.7 Å². The van der Waals surface area contributed by atoms with Crippen LogP contribution in [0, 0.1) is 0 Å². The number of nitrogens with zero attached hydrogens (tertiary/aromatic N) is 1. The van der Waals surface area contributed by atoms with Crippen molar-refractivity contribution in [3.8, 4) is 0 Å². The van der Waals surface area contributed by atoms with Crippen molar-refractivity contribution in [2.24, 2.45) is 0 Å². The fourth-order valence-electron chi connectivity index (χ4n) is 2.03. The van der Waals surface area contributed by atoms with Crippen LogP contribution in [0.2, 0.25) is 5.02 Å². The maximum atomic E-state index is 12.3. The maximum absolute atomic E-state index is 12.3. The molecule has 0 spiro atoms. The van der Waals surface area contributed by atoms with E-state index < -0.39 is 5.97 Å². The van der Waals surface area contributed by atoms with E-state index in [2.05, 4.69) is 5.32 Å². The Labute approximate surface area is 126 Å². The van der Waals surface area contributed by atoms with Crippen molar-refractivity contribution in [1.82, 2.24) is 4.90 Å². The monoisotopic (exact) mass is 310 g/mol. The summed E-state index contributed by atoms with van der Waals surface area (Å²) in [4.78, 5) is 25.4. The van der Waals surface area contributed by atoms with Crippen molar-refractivity contribution in [1.29, 1.82) is 0 Å². The number of esters is 1. The van der Waals surface area contributed by atoms with Crippen molar-refractivity contribution in [2.75, 3.05) is 32.1 Å². The van der Waals surface area contributed by atoms with Gasteiger partial charge in [-0.2, -0.15) is 0 Å². The van der Waals surface area contributed by atoms with E-state index in [1.807, 2.05) is 0 Å². The van der Waals surface area contributed by atoms with E-state index in [4.69, 9.17) is 21.4 Å². The molecule has 0 unspecified atom stereocenters. The zero-order valence-corrected chi connectivity index (χ0v) is 12.2. The number of β-amino-alcohol motifs (C(OH)–C–C–N with tert-alkyl or cyclic N) is 1. The summed E-state index contributed by atoms with van der Waals surface area (Å²) in [7, 11) is 1.26. The molecule has 0 radical (unpaired) electrons. The van der Waals surface area contributed by atoms with Crippen LogP contribution in [0.5, 0.6) is 0 Å². The van der Waals surface area contributed by atoms with Crippen LogP contribution in [0.25, 0.3) is 0 Å². The number of aliphatic hydroxyl groups is 1. The maximum Gasteiger partial charge on any atom is 0.337 e. The molecule has 0 bridgehead atoms. The third-order valence-corrected chi connectivity index (χ3v) is 3.32. The van der Waals surface area contributed by atoms with Gasteiger partial charge in [-0.25, -0.2) is 4.79 Å². The van der Waals surface area contributed by atoms with Gasteiger partial charge in [0.25, 0.3) is 5.91 Å². The summed E-state index contributed by atoms with van der Waals surface area (Å²) in [5, 5.41) is 12.5. The summed E-state index contributed by atoms with van der Waals surface area (Å²) >= 11 is 5.81. The number of hydrogen-bond acceptors (Lipinski definition) is 5. The molecule has 1 aromatic rings. The van der Waals surface area contributed by atoms with Crippen LogP contribution in [0.1, 0.15) is 0 Å². The second-order valence-electron chi connectivity index (χ2n) is 4.43. The largest absolute Gasteiger partial charge is 0.466 e. The van der Waals surface area contributed by atoms with Gasteiger partial charge >= 0.3 is 5.97 Å². The van der Waals surface area contributed by atoms with Crippen LogP contribution in [-0.4, -0.2) is 48.7 Å². The lowest BCUT2D eigenvalue weighted by Gasteiger charge is -2.15. The molecule has 1 amide bonds. The molecule has 0 aromatic heterocycles. The average molecular weight is 311 g/mol. The molecule has 2 N–H and O–H groups in total. The number of nitrogens with one attached hydrogen (secondary N) is 1. The number of ether oxygens (including phenoxy) is 1. The Balaban J connectivity index is 2.28. The Kier molecular flexibility index (Phi) is 4.82. The minimum Gasteiger partial charge on any atom is -0.466 e. The fourth-order valence-corrected chi connectivity index (χ4v) is 2.15. The normalized spacial score (nSPS) is 14.6. The van der Waals surface area contributed by atoms with Gasteiger partial charge in [0.05, 0.1) is 25.8 Å². The minimum absolute atomic E-state index is 0.113. The van der Waals surface area contributed by atoms with Gasteiger partial charge in [-0.15, -0.1) is 0 Å². The van der Waals surface area contributed by atoms with Gasteiger partial charge in [-0.05, 0) is 24.3 Å². The van der Waals surface area contributed by atoms with Crippen LogP contribution in [-0.2, 0) is 14.3 Å². The van der Waals surface area contributed by atoms with Crippen molar-refractivity contribution in [2.45, 2.75) is 0 Å². The van der Waals surface area contributed by atoms with Crippen LogP contribution in [0.3, 0.4) is 0 Å². The highest BCUT2D eigenvalue weighted by Crippen LogP contribution is 2.23. The van der Waals surface area contributed by atoms with Gasteiger partial charge in [-0.1, -0.05) is 11.6 Å². The zero-order chi connectivity index (χ0) is 15.4. The molecule has 1 aliphatic rings.